The lowest BCUT2D eigenvalue weighted by molar-refractivity contribution is -0.139. The molecule has 0 aliphatic carbocycles. The summed E-state index contributed by atoms with van der Waals surface area (Å²) in [5.41, 5.74) is 1.48. The third kappa shape index (κ3) is 1.99. The van der Waals surface area contributed by atoms with Gasteiger partial charge in [-0.2, -0.15) is 0 Å². The monoisotopic (exact) mass is 224 g/mol. The number of carboxylic acids is 1. The molecule has 5 nitrogen and oxygen atoms in total. The molecular weight excluding hydrogens is 216 g/mol. The van der Waals surface area contributed by atoms with Crippen LogP contribution in [-0.2, 0) is 4.79 Å². The van der Waals surface area contributed by atoms with Crippen LogP contribution in [0.25, 0.3) is 11.0 Å². The molecule has 78 valence electrons. The molecule has 0 saturated carbocycles. The number of hydrogen-bond acceptors (Lipinski definition) is 3. The maximum Gasteiger partial charge on any atom is 0.341 e. The van der Waals surface area contributed by atoms with Crippen molar-refractivity contribution in [2.45, 2.75) is 0 Å². The second-order valence-corrected chi connectivity index (χ2v) is 3.35. The van der Waals surface area contributed by atoms with Gasteiger partial charge in [0.05, 0.1) is 5.52 Å². The molecule has 0 fully saturated rings. The molecule has 6 heteroatoms. The van der Waals surface area contributed by atoms with Gasteiger partial charge in [-0.25, -0.2) is 4.79 Å². The number of aromatic amines is 2. The van der Waals surface area contributed by atoms with Crippen molar-refractivity contribution in [2.75, 3.05) is 6.61 Å². The van der Waals surface area contributed by atoms with Gasteiger partial charge in [0.2, 0.25) is 0 Å². The Morgan fingerprint density at radius 3 is 3.00 bits per heavy atom. The molecule has 2 rings (SSSR count). The predicted octanol–water partition coefficient (Wildman–Crippen LogP) is 1.69. The Morgan fingerprint density at radius 1 is 1.47 bits per heavy atom. The first kappa shape index (κ1) is 9.72. The predicted molar refractivity (Wildman–Crippen MR) is 56.6 cm³/mol. The lowest BCUT2D eigenvalue weighted by Crippen LogP contribution is -2.09. The van der Waals surface area contributed by atoms with E-state index in [0.717, 1.165) is 5.52 Å². The molecule has 0 unspecified atom stereocenters. The average Bonchev–Trinajstić information content (AvgIpc) is 2.55. The molecule has 1 heterocycles. The van der Waals surface area contributed by atoms with Crippen molar-refractivity contribution in [1.82, 2.24) is 9.97 Å². The van der Waals surface area contributed by atoms with Crippen LogP contribution in [0.1, 0.15) is 0 Å². The molecule has 0 spiro atoms. The Labute approximate surface area is 89.7 Å². The van der Waals surface area contributed by atoms with Crippen LogP contribution in [-0.4, -0.2) is 27.7 Å². The summed E-state index contributed by atoms with van der Waals surface area (Å²) in [6.07, 6.45) is 0. The standard InChI is InChI=1S/C9H8N2O3S/c12-7(13)4-14-6-3-1-2-5-8(6)11-9(15)10-5/h1-3H,4H2,(H,12,13)(H2,10,11,15). The van der Waals surface area contributed by atoms with Gasteiger partial charge in [0.25, 0.3) is 0 Å². The van der Waals surface area contributed by atoms with E-state index in [1.165, 1.54) is 0 Å². The molecule has 0 radical (unpaired) electrons. The van der Waals surface area contributed by atoms with E-state index in [-0.39, 0.29) is 6.61 Å². The van der Waals surface area contributed by atoms with Crippen LogP contribution in [0.5, 0.6) is 5.75 Å². The van der Waals surface area contributed by atoms with Gasteiger partial charge >= 0.3 is 5.97 Å². The number of imidazole rings is 1. The summed E-state index contributed by atoms with van der Waals surface area (Å²) in [6, 6.07) is 5.28. The van der Waals surface area contributed by atoms with E-state index in [4.69, 9.17) is 22.1 Å². The fourth-order valence-electron chi connectivity index (χ4n) is 1.29. The van der Waals surface area contributed by atoms with E-state index in [2.05, 4.69) is 9.97 Å². The molecule has 0 saturated heterocycles. The first-order chi connectivity index (χ1) is 7.16. The number of fused-ring (bicyclic) bond motifs is 1. The topological polar surface area (TPSA) is 78.1 Å². The van der Waals surface area contributed by atoms with Crippen LogP contribution < -0.4 is 4.74 Å². The number of aromatic nitrogens is 2. The normalized spacial score (nSPS) is 10.4. The Bertz CT molecular complexity index is 558. The Hall–Kier alpha value is -1.82. The van der Waals surface area contributed by atoms with E-state index < -0.39 is 5.97 Å². The van der Waals surface area contributed by atoms with Gasteiger partial charge in [-0.05, 0) is 24.4 Å². The summed E-state index contributed by atoms with van der Waals surface area (Å²) in [5.74, 6) is -0.539. The molecule has 0 bridgehead atoms. The lowest BCUT2D eigenvalue weighted by Gasteiger charge is -2.03. The molecule has 3 N–H and O–H groups in total. The van der Waals surface area contributed by atoms with Gasteiger partial charge in [-0.15, -0.1) is 0 Å². The van der Waals surface area contributed by atoms with Crippen molar-refractivity contribution in [3.63, 3.8) is 0 Å². The fraction of sp³-hybridized carbons (Fsp3) is 0.111. The summed E-state index contributed by atoms with van der Waals surface area (Å²) >= 11 is 4.93. The largest absolute Gasteiger partial charge is 0.480 e. The molecule has 0 aliphatic rings. The number of aliphatic carboxylic acids is 1. The zero-order valence-electron chi connectivity index (χ0n) is 7.61. The Morgan fingerprint density at radius 2 is 2.27 bits per heavy atom. The molecular formula is C9H8N2O3S. The number of carboxylic acid groups (broad SMARTS) is 1. The highest BCUT2D eigenvalue weighted by atomic mass is 32.1. The Balaban J connectivity index is 2.41. The number of H-pyrrole nitrogens is 2. The third-order valence-corrected chi connectivity index (χ3v) is 2.07. The zero-order valence-corrected chi connectivity index (χ0v) is 8.43. The van der Waals surface area contributed by atoms with Crippen LogP contribution in [0, 0.1) is 4.77 Å². The second kappa shape index (κ2) is 3.74. The number of hydrogen-bond donors (Lipinski definition) is 3. The van der Waals surface area contributed by atoms with Gasteiger partial charge in [0.1, 0.15) is 11.3 Å². The molecule has 2 aromatic rings. The number of benzene rings is 1. The zero-order chi connectivity index (χ0) is 10.8. The molecule has 1 aromatic carbocycles. The maximum atomic E-state index is 10.4. The van der Waals surface area contributed by atoms with E-state index >= 15 is 0 Å². The molecule has 0 aliphatic heterocycles. The van der Waals surface area contributed by atoms with Crippen molar-refractivity contribution < 1.29 is 14.6 Å². The SMILES string of the molecule is O=C(O)COc1cccc2[nH]c(=S)[nH]c12. The van der Waals surface area contributed by atoms with Crippen molar-refractivity contribution >= 4 is 29.2 Å². The summed E-state index contributed by atoms with van der Waals surface area (Å²) in [4.78, 5) is 16.2. The number of carbonyl (C=O) groups is 1. The minimum atomic E-state index is -1.01. The summed E-state index contributed by atoms with van der Waals surface area (Å²) in [7, 11) is 0. The van der Waals surface area contributed by atoms with Crippen molar-refractivity contribution in [3.05, 3.63) is 23.0 Å². The van der Waals surface area contributed by atoms with Crippen LogP contribution >= 0.6 is 12.2 Å². The lowest BCUT2D eigenvalue weighted by atomic mass is 10.3. The number of nitrogens with one attached hydrogen (secondary N) is 2. The second-order valence-electron chi connectivity index (χ2n) is 2.94. The van der Waals surface area contributed by atoms with Gasteiger partial charge in [-0.3, -0.25) is 0 Å². The first-order valence-electron chi connectivity index (χ1n) is 4.22. The third-order valence-electron chi connectivity index (χ3n) is 1.86. The minimum absolute atomic E-state index is 0.370. The van der Waals surface area contributed by atoms with E-state index in [1.54, 1.807) is 12.1 Å². The fourth-order valence-corrected chi connectivity index (χ4v) is 1.50. The van der Waals surface area contributed by atoms with Crippen molar-refractivity contribution in [2.24, 2.45) is 0 Å². The van der Waals surface area contributed by atoms with Gasteiger partial charge in [0, 0.05) is 0 Å². The minimum Gasteiger partial charge on any atom is -0.480 e. The molecule has 0 atom stereocenters. The van der Waals surface area contributed by atoms with Crippen LogP contribution in [0.15, 0.2) is 18.2 Å². The summed E-state index contributed by atoms with van der Waals surface area (Å²) in [6.45, 7) is -0.370. The highest BCUT2D eigenvalue weighted by Gasteiger charge is 2.05. The van der Waals surface area contributed by atoms with Crippen LogP contribution in [0.2, 0.25) is 0 Å². The van der Waals surface area contributed by atoms with E-state index in [1.807, 2.05) is 6.07 Å². The Kier molecular flexibility index (Phi) is 2.42. The quantitative estimate of drug-likeness (QED) is 0.693. The average molecular weight is 224 g/mol. The summed E-state index contributed by atoms with van der Waals surface area (Å²) < 4.78 is 5.58. The van der Waals surface area contributed by atoms with Crippen molar-refractivity contribution in [3.8, 4) is 5.75 Å². The van der Waals surface area contributed by atoms with E-state index in [9.17, 15) is 4.79 Å². The highest BCUT2D eigenvalue weighted by Crippen LogP contribution is 2.22. The van der Waals surface area contributed by atoms with Gasteiger partial charge in [-0.1, -0.05) is 6.07 Å². The highest BCUT2D eigenvalue weighted by molar-refractivity contribution is 7.71. The van der Waals surface area contributed by atoms with Crippen LogP contribution in [0.3, 0.4) is 0 Å². The summed E-state index contributed by atoms with van der Waals surface area (Å²) in [5, 5.41) is 8.49. The van der Waals surface area contributed by atoms with Crippen LogP contribution in [0.4, 0.5) is 0 Å². The van der Waals surface area contributed by atoms with E-state index in [0.29, 0.717) is 16.0 Å². The number of ether oxygens (including phenoxy) is 1. The number of para-hydroxylation sites is 1. The molecule has 0 amide bonds. The first-order valence-corrected chi connectivity index (χ1v) is 4.63. The smallest absolute Gasteiger partial charge is 0.341 e. The maximum absolute atomic E-state index is 10.4. The molecule has 1 aromatic heterocycles. The van der Waals surface area contributed by atoms with Crippen molar-refractivity contribution in [1.29, 1.82) is 0 Å². The number of rotatable bonds is 3. The molecule has 15 heavy (non-hydrogen) atoms. The van der Waals surface area contributed by atoms with Gasteiger partial charge < -0.3 is 19.8 Å². The van der Waals surface area contributed by atoms with Gasteiger partial charge in [0.15, 0.2) is 11.4 Å².